The van der Waals surface area contributed by atoms with Crippen molar-refractivity contribution in [1.29, 1.82) is 0 Å². The van der Waals surface area contributed by atoms with Gasteiger partial charge in [-0.1, -0.05) is 84.9 Å². The fourth-order valence-corrected chi connectivity index (χ4v) is 6.90. The average molecular weight is 616 g/mol. The van der Waals surface area contributed by atoms with Gasteiger partial charge in [-0.2, -0.15) is 0 Å². The van der Waals surface area contributed by atoms with Crippen molar-refractivity contribution in [2.45, 2.75) is 0 Å². The summed E-state index contributed by atoms with van der Waals surface area (Å²) in [5.74, 6) is 1.78. The molecule has 10 aromatic rings. The first-order valence-electron chi connectivity index (χ1n) is 15.9. The summed E-state index contributed by atoms with van der Waals surface area (Å²) >= 11 is 0. The molecule has 0 N–H and O–H groups in total. The number of benzene rings is 6. The Kier molecular flexibility index (Phi) is 5.77. The van der Waals surface area contributed by atoms with E-state index in [0.717, 1.165) is 49.7 Å². The van der Waals surface area contributed by atoms with Crippen molar-refractivity contribution in [1.82, 2.24) is 24.5 Å². The first-order chi connectivity index (χ1) is 23.8. The molecule has 0 saturated carbocycles. The molecule has 0 radical (unpaired) electrons. The van der Waals surface area contributed by atoms with E-state index in [1.165, 1.54) is 27.2 Å². The number of pyridine rings is 1. The lowest BCUT2D eigenvalue weighted by atomic mass is 10.1. The molecule has 0 unspecified atom stereocenters. The number of para-hydroxylation sites is 2. The molecular weight excluding hydrogens is 590 g/mol. The maximum absolute atomic E-state index is 6.19. The highest BCUT2D eigenvalue weighted by Crippen LogP contribution is 2.37. The minimum Gasteiger partial charge on any atom is -0.456 e. The smallest absolute Gasteiger partial charge is 0.164 e. The zero-order chi connectivity index (χ0) is 31.6. The van der Waals surface area contributed by atoms with Gasteiger partial charge in [0.25, 0.3) is 0 Å². The van der Waals surface area contributed by atoms with Gasteiger partial charge in [0.15, 0.2) is 17.5 Å². The molecule has 0 spiro atoms. The van der Waals surface area contributed by atoms with Crippen LogP contribution in [0.3, 0.4) is 0 Å². The Bertz CT molecular complexity index is 2800. The fraction of sp³-hybridized carbons (Fsp3) is 0. The Morgan fingerprint density at radius 3 is 1.94 bits per heavy atom. The molecule has 4 heterocycles. The van der Waals surface area contributed by atoms with Gasteiger partial charge in [0.05, 0.1) is 11.0 Å². The molecule has 0 aliphatic heterocycles. The molecule has 0 aliphatic carbocycles. The summed E-state index contributed by atoms with van der Waals surface area (Å²) in [4.78, 5) is 19.6. The van der Waals surface area contributed by atoms with Crippen LogP contribution in [-0.2, 0) is 0 Å². The topological polar surface area (TPSA) is 69.6 Å². The van der Waals surface area contributed by atoms with Crippen molar-refractivity contribution in [2.24, 2.45) is 0 Å². The molecule has 0 saturated heterocycles. The lowest BCUT2D eigenvalue weighted by molar-refractivity contribution is 0.668. The van der Waals surface area contributed by atoms with Crippen LogP contribution in [0, 0.1) is 0 Å². The normalized spacial score (nSPS) is 11.8. The molecule has 10 rings (SSSR count). The fourth-order valence-electron chi connectivity index (χ4n) is 6.90. The van der Waals surface area contributed by atoms with Gasteiger partial charge in [0, 0.05) is 56.3 Å². The Hall–Kier alpha value is -6.66. The molecule has 224 valence electrons. The SMILES string of the molecule is c1ccc2cc(-c3nc(-c4ccc(-n5c6ccccc6c6ccccc65)cc4)nc(-c4cccc5oc6ccncc6c45)n3)ccc2c1. The van der Waals surface area contributed by atoms with E-state index in [0.29, 0.717) is 17.5 Å². The van der Waals surface area contributed by atoms with E-state index in [2.05, 4.69) is 119 Å². The molecule has 48 heavy (non-hydrogen) atoms. The maximum Gasteiger partial charge on any atom is 0.164 e. The van der Waals surface area contributed by atoms with E-state index >= 15 is 0 Å². The third-order valence-electron chi connectivity index (χ3n) is 9.14. The van der Waals surface area contributed by atoms with Crippen molar-refractivity contribution < 1.29 is 4.42 Å². The minimum atomic E-state index is 0.576. The van der Waals surface area contributed by atoms with Crippen LogP contribution < -0.4 is 0 Å². The standard InChI is InChI=1S/C42H25N5O/c1-2-9-28-24-29(17-16-26(28)8-1)41-44-40(45-42(46-41)33-12-7-15-38-39(33)34-25-43-23-22-37(34)48-38)27-18-20-30(21-19-27)47-35-13-5-3-10-31(35)32-11-4-6-14-36(32)47/h1-25H. The van der Waals surface area contributed by atoms with Crippen LogP contribution in [0.5, 0.6) is 0 Å². The third-order valence-corrected chi connectivity index (χ3v) is 9.14. The van der Waals surface area contributed by atoms with Crippen LogP contribution in [0.2, 0.25) is 0 Å². The van der Waals surface area contributed by atoms with Crippen LogP contribution in [-0.4, -0.2) is 24.5 Å². The summed E-state index contributed by atoms with van der Waals surface area (Å²) in [6.45, 7) is 0. The first-order valence-corrected chi connectivity index (χ1v) is 15.9. The Morgan fingerprint density at radius 2 is 1.15 bits per heavy atom. The summed E-state index contributed by atoms with van der Waals surface area (Å²) in [5, 5.41) is 6.62. The van der Waals surface area contributed by atoms with Crippen LogP contribution in [0.15, 0.2) is 156 Å². The molecule has 6 aromatic carbocycles. The van der Waals surface area contributed by atoms with Crippen molar-refractivity contribution in [3.63, 3.8) is 0 Å². The number of hydrogen-bond acceptors (Lipinski definition) is 5. The second-order valence-electron chi connectivity index (χ2n) is 11.9. The van der Waals surface area contributed by atoms with E-state index in [1.54, 1.807) is 6.20 Å². The highest BCUT2D eigenvalue weighted by Gasteiger charge is 2.18. The minimum absolute atomic E-state index is 0.576. The summed E-state index contributed by atoms with van der Waals surface area (Å²) in [6, 6.07) is 48.1. The van der Waals surface area contributed by atoms with E-state index < -0.39 is 0 Å². The monoisotopic (exact) mass is 615 g/mol. The lowest BCUT2D eigenvalue weighted by Crippen LogP contribution is -2.01. The zero-order valence-corrected chi connectivity index (χ0v) is 25.6. The molecule has 0 aliphatic rings. The Labute approximate surface area is 274 Å². The maximum atomic E-state index is 6.19. The molecule has 6 heteroatoms. The van der Waals surface area contributed by atoms with E-state index in [-0.39, 0.29) is 0 Å². The van der Waals surface area contributed by atoms with Crippen molar-refractivity contribution in [2.75, 3.05) is 0 Å². The highest BCUT2D eigenvalue weighted by atomic mass is 16.3. The van der Waals surface area contributed by atoms with Crippen molar-refractivity contribution >= 4 is 54.5 Å². The summed E-state index contributed by atoms with van der Waals surface area (Å²) < 4.78 is 8.50. The van der Waals surface area contributed by atoms with E-state index in [9.17, 15) is 0 Å². The molecular formula is C42H25N5O. The highest BCUT2D eigenvalue weighted by molar-refractivity contribution is 6.11. The van der Waals surface area contributed by atoms with Gasteiger partial charge in [-0.15, -0.1) is 0 Å². The van der Waals surface area contributed by atoms with Gasteiger partial charge in [-0.05, 0) is 65.4 Å². The number of nitrogens with zero attached hydrogens (tertiary/aromatic N) is 5. The number of fused-ring (bicyclic) bond motifs is 7. The summed E-state index contributed by atoms with van der Waals surface area (Å²) in [7, 11) is 0. The average Bonchev–Trinajstić information content (AvgIpc) is 3.71. The molecule has 0 amide bonds. The molecule has 0 atom stereocenters. The van der Waals surface area contributed by atoms with Gasteiger partial charge in [0.2, 0.25) is 0 Å². The molecule has 0 bridgehead atoms. The number of aromatic nitrogens is 5. The summed E-state index contributed by atoms with van der Waals surface area (Å²) in [5.41, 5.74) is 7.64. The summed E-state index contributed by atoms with van der Waals surface area (Å²) in [6.07, 6.45) is 3.58. The van der Waals surface area contributed by atoms with Crippen LogP contribution >= 0.6 is 0 Å². The zero-order valence-electron chi connectivity index (χ0n) is 25.6. The van der Waals surface area contributed by atoms with Crippen molar-refractivity contribution in [3.8, 4) is 39.9 Å². The van der Waals surface area contributed by atoms with Crippen LogP contribution in [0.1, 0.15) is 0 Å². The first kappa shape index (κ1) is 26.5. The van der Waals surface area contributed by atoms with E-state index in [1.807, 2.05) is 36.5 Å². The van der Waals surface area contributed by atoms with Gasteiger partial charge < -0.3 is 8.98 Å². The Balaban J connectivity index is 1.17. The lowest BCUT2D eigenvalue weighted by Gasteiger charge is -2.11. The second-order valence-corrected chi connectivity index (χ2v) is 11.9. The number of furan rings is 1. The molecule has 4 aromatic heterocycles. The van der Waals surface area contributed by atoms with Crippen LogP contribution in [0.25, 0.3) is 94.4 Å². The predicted molar refractivity (Wildman–Crippen MR) is 193 cm³/mol. The van der Waals surface area contributed by atoms with Crippen molar-refractivity contribution in [3.05, 3.63) is 152 Å². The second kappa shape index (κ2) is 10.4. The van der Waals surface area contributed by atoms with Gasteiger partial charge in [0.1, 0.15) is 11.2 Å². The number of hydrogen-bond donors (Lipinski definition) is 0. The third kappa shape index (κ3) is 4.13. The quantitative estimate of drug-likeness (QED) is 0.197. The number of rotatable bonds is 4. The van der Waals surface area contributed by atoms with E-state index in [4.69, 9.17) is 19.4 Å². The molecule has 6 nitrogen and oxygen atoms in total. The van der Waals surface area contributed by atoms with Gasteiger partial charge >= 0.3 is 0 Å². The largest absolute Gasteiger partial charge is 0.456 e. The van der Waals surface area contributed by atoms with Crippen LogP contribution in [0.4, 0.5) is 0 Å². The van der Waals surface area contributed by atoms with Gasteiger partial charge in [-0.3, -0.25) is 4.98 Å². The molecule has 0 fully saturated rings. The predicted octanol–water partition coefficient (Wildman–Crippen LogP) is 10.4. The Morgan fingerprint density at radius 1 is 0.479 bits per heavy atom. The van der Waals surface area contributed by atoms with Gasteiger partial charge in [-0.25, -0.2) is 15.0 Å².